The molecule has 6 heteroatoms. The third-order valence-electron chi connectivity index (χ3n) is 2.03. The van der Waals surface area contributed by atoms with Gasteiger partial charge in [-0.15, -0.1) is 0 Å². The molecule has 1 aromatic rings. The van der Waals surface area contributed by atoms with Crippen LogP contribution in [0.15, 0.2) is 30.3 Å². The largest absolute Gasteiger partial charge is 0.354 e. The standard InChI is InChI=1S/C11H14BrNO3S/c1-17(15,16)8-11(14)13-7-10(12)9-5-3-2-4-6-9/h2-6,10H,7-8H2,1H3,(H,13,14). The summed E-state index contributed by atoms with van der Waals surface area (Å²) in [5.74, 6) is -0.950. The lowest BCUT2D eigenvalue weighted by molar-refractivity contribution is -0.118. The summed E-state index contributed by atoms with van der Waals surface area (Å²) in [7, 11) is -3.26. The van der Waals surface area contributed by atoms with Crippen LogP contribution in [0, 0.1) is 0 Å². The Hall–Kier alpha value is -0.880. The third-order valence-corrected chi connectivity index (χ3v) is 3.67. The number of rotatable bonds is 5. The Balaban J connectivity index is 2.44. The molecule has 0 saturated heterocycles. The zero-order chi connectivity index (χ0) is 12.9. The number of hydrogen-bond acceptors (Lipinski definition) is 3. The molecule has 94 valence electrons. The van der Waals surface area contributed by atoms with E-state index in [1.807, 2.05) is 30.3 Å². The van der Waals surface area contributed by atoms with Crippen molar-refractivity contribution in [2.75, 3.05) is 18.6 Å². The van der Waals surface area contributed by atoms with Gasteiger partial charge in [0.05, 0.1) is 4.83 Å². The Labute approximate surface area is 109 Å². The van der Waals surface area contributed by atoms with Crippen LogP contribution >= 0.6 is 15.9 Å². The second kappa shape index (κ2) is 6.16. The van der Waals surface area contributed by atoms with E-state index in [1.54, 1.807) is 0 Å². The molecule has 0 heterocycles. The number of hydrogen-bond donors (Lipinski definition) is 1. The third kappa shape index (κ3) is 5.83. The highest BCUT2D eigenvalue weighted by Crippen LogP contribution is 2.20. The van der Waals surface area contributed by atoms with E-state index in [1.165, 1.54) is 0 Å². The fourth-order valence-electron chi connectivity index (χ4n) is 1.27. The van der Waals surface area contributed by atoms with Crippen molar-refractivity contribution in [3.8, 4) is 0 Å². The number of nitrogens with one attached hydrogen (secondary N) is 1. The average molecular weight is 320 g/mol. The molecule has 1 aromatic carbocycles. The number of carbonyl (C=O) groups is 1. The van der Waals surface area contributed by atoms with Gasteiger partial charge in [0.15, 0.2) is 9.84 Å². The predicted molar refractivity (Wildman–Crippen MR) is 70.8 cm³/mol. The topological polar surface area (TPSA) is 63.2 Å². The number of alkyl halides is 1. The smallest absolute Gasteiger partial charge is 0.235 e. The van der Waals surface area contributed by atoms with Gasteiger partial charge in [0.2, 0.25) is 5.91 Å². The minimum atomic E-state index is -3.26. The molecule has 0 spiro atoms. The number of carbonyl (C=O) groups excluding carboxylic acids is 1. The van der Waals surface area contributed by atoms with Crippen molar-refractivity contribution in [2.24, 2.45) is 0 Å². The second-order valence-corrected chi connectivity index (χ2v) is 7.00. The van der Waals surface area contributed by atoms with Crippen LogP contribution < -0.4 is 5.32 Å². The van der Waals surface area contributed by atoms with E-state index >= 15 is 0 Å². The van der Waals surface area contributed by atoms with Crippen molar-refractivity contribution in [3.63, 3.8) is 0 Å². The molecule has 0 fully saturated rings. The first-order chi connectivity index (χ1) is 7.88. The number of halogens is 1. The van der Waals surface area contributed by atoms with Crippen molar-refractivity contribution < 1.29 is 13.2 Å². The summed E-state index contributed by atoms with van der Waals surface area (Å²) in [5.41, 5.74) is 1.03. The van der Waals surface area contributed by atoms with Crippen LogP contribution in [-0.2, 0) is 14.6 Å². The summed E-state index contributed by atoms with van der Waals surface area (Å²) >= 11 is 3.43. The van der Waals surface area contributed by atoms with Gasteiger partial charge in [-0.3, -0.25) is 4.79 Å². The van der Waals surface area contributed by atoms with Crippen LogP contribution in [0.25, 0.3) is 0 Å². The van der Waals surface area contributed by atoms with E-state index in [-0.39, 0.29) is 4.83 Å². The molecule has 0 radical (unpaired) electrons. The maximum atomic E-state index is 11.3. The maximum Gasteiger partial charge on any atom is 0.235 e. The monoisotopic (exact) mass is 319 g/mol. The van der Waals surface area contributed by atoms with Gasteiger partial charge in [-0.2, -0.15) is 0 Å². The molecule has 1 atom stereocenters. The minimum absolute atomic E-state index is 0.0211. The lowest BCUT2D eigenvalue weighted by Gasteiger charge is -2.11. The number of benzene rings is 1. The van der Waals surface area contributed by atoms with Crippen LogP contribution in [0.4, 0.5) is 0 Å². The zero-order valence-electron chi connectivity index (χ0n) is 9.39. The van der Waals surface area contributed by atoms with E-state index in [9.17, 15) is 13.2 Å². The molecular formula is C11H14BrNO3S. The summed E-state index contributed by atoms with van der Waals surface area (Å²) in [6, 6.07) is 9.58. The normalized spacial score (nSPS) is 13.1. The SMILES string of the molecule is CS(=O)(=O)CC(=O)NCC(Br)c1ccccc1. The Morgan fingerprint density at radius 1 is 1.35 bits per heavy atom. The Morgan fingerprint density at radius 3 is 2.47 bits per heavy atom. The van der Waals surface area contributed by atoms with Gasteiger partial charge in [-0.25, -0.2) is 8.42 Å². The van der Waals surface area contributed by atoms with Crippen LogP contribution in [0.1, 0.15) is 10.4 Å². The summed E-state index contributed by atoms with van der Waals surface area (Å²) in [5, 5.41) is 2.57. The highest BCUT2D eigenvalue weighted by Gasteiger charge is 2.13. The molecule has 1 unspecified atom stereocenters. The van der Waals surface area contributed by atoms with Crippen LogP contribution in [0.2, 0.25) is 0 Å². The summed E-state index contributed by atoms with van der Waals surface area (Å²) in [6.07, 6.45) is 1.04. The molecule has 1 N–H and O–H groups in total. The highest BCUT2D eigenvalue weighted by atomic mass is 79.9. The van der Waals surface area contributed by atoms with Crippen molar-refractivity contribution in [2.45, 2.75) is 4.83 Å². The summed E-state index contributed by atoms with van der Waals surface area (Å²) in [6.45, 7) is 0.359. The summed E-state index contributed by atoms with van der Waals surface area (Å²) < 4.78 is 21.8. The van der Waals surface area contributed by atoms with Gasteiger partial charge >= 0.3 is 0 Å². The Bertz CT molecular complexity index is 473. The quantitative estimate of drug-likeness (QED) is 0.832. The Kier molecular flexibility index (Phi) is 5.14. The second-order valence-electron chi connectivity index (χ2n) is 3.75. The number of sulfone groups is 1. The van der Waals surface area contributed by atoms with E-state index < -0.39 is 21.5 Å². The molecule has 0 saturated carbocycles. The fourth-order valence-corrected chi connectivity index (χ4v) is 2.32. The highest BCUT2D eigenvalue weighted by molar-refractivity contribution is 9.09. The first kappa shape index (κ1) is 14.2. The maximum absolute atomic E-state index is 11.3. The van der Waals surface area contributed by atoms with Gasteiger partial charge in [0, 0.05) is 12.8 Å². The molecular weight excluding hydrogens is 306 g/mol. The lowest BCUT2D eigenvalue weighted by atomic mass is 10.1. The molecule has 0 aromatic heterocycles. The molecule has 0 aliphatic rings. The molecule has 1 rings (SSSR count). The average Bonchev–Trinajstić information content (AvgIpc) is 2.25. The van der Waals surface area contributed by atoms with E-state index in [0.29, 0.717) is 6.54 Å². The van der Waals surface area contributed by atoms with Crippen LogP contribution in [0.5, 0.6) is 0 Å². The Morgan fingerprint density at radius 2 is 1.94 bits per heavy atom. The van der Waals surface area contributed by atoms with Gasteiger partial charge < -0.3 is 5.32 Å². The van der Waals surface area contributed by atoms with Crippen molar-refractivity contribution in [1.82, 2.24) is 5.32 Å². The molecule has 4 nitrogen and oxygen atoms in total. The molecule has 0 bridgehead atoms. The molecule has 0 aliphatic heterocycles. The predicted octanol–water partition coefficient (Wildman–Crippen LogP) is 1.28. The van der Waals surface area contributed by atoms with Gasteiger partial charge in [-0.1, -0.05) is 46.3 Å². The van der Waals surface area contributed by atoms with E-state index in [4.69, 9.17) is 0 Å². The van der Waals surface area contributed by atoms with Gasteiger partial charge in [-0.05, 0) is 5.56 Å². The van der Waals surface area contributed by atoms with Crippen molar-refractivity contribution >= 4 is 31.7 Å². The lowest BCUT2D eigenvalue weighted by Crippen LogP contribution is -2.32. The molecule has 0 aliphatic carbocycles. The fraction of sp³-hybridized carbons (Fsp3) is 0.364. The number of amides is 1. The van der Waals surface area contributed by atoms with Gasteiger partial charge in [0.1, 0.15) is 5.75 Å². The zero-order valence-corrected chi connectivity index (χ0v) is 11.8. The van der Waals surface area contributed by atoms with E-state index in [2.05, 4.69) is 21.2 Å². The molecule has 17 heavy (non-hydrogen) atoms. The van der Waals surface area contributed by atoms with Gasteiger partial charge in [0.25, 0.3) is 0 Å². The molecule has 1 amide bonds. The van der Waals surface area contributed by atoms with E-state index in [0.717, 1.165) is 11.8 Å². The van der Waals surface area contributed by atoms with Crippen molar-refractivity contribution in [3.05, 3.63) is 35.9 Å². The minimum Gasteiger partial charge on any atom is -0.354 e. The first-order valence-electron chi connectivity index (χ1n) is 5.02. The van der Waals surface area contributed by atoms with Crippen LogP contribution in [-0.4, -0.2) is 32.9 Å². The van der Waals surface area contributed by atoms with Crippen LogP contribution in [0.3, 0.4) is 0 Å². The first-order valence-corrected chi connectivity index (χ1v) is 7.99. The summed E-state index contributed by atoms with van der Waals surface area (Å²) in [4.78, 5) is 11.3. The van der Waals surface area contributed by atoms with Crippen molar-refractivity contribution in [1.29, 1.82) is 0 Å².